The standard InChI is InChI=1S/C11H16N2OS/c1-12-6-11(14)13(10-2-3-10)7-9-4-5-15-8-9/h4-5,8,10,12H,2-3,6-7H2,1H3. The lowest BCUT2D eigenvalue weighted by Crippen LogP contribution is -2.38. The number of rotatable bonds is 5. The van der Waals surface area contributed by atoms with Gasteiger partial charge < -0.3 is 10.2 Å². The number of thiophene rings is 1. The largest absolute Gasteiger partial charge is 0.334 e. The summed E-state index contributed by atoms with van der Waals surface area (Å²) in [6.45, 7) is 1.22. The molecule has 0 bridgehead atoms. The van der Waals surface area contributed by atoms with Gasteiger partial charge in [0.2, 0.25) is 5.91 Å². The summed E-state index contributed by atoms with van der Waals surface area (Å²) in [4.78, 5) is 13.8. The Kier molecular flexibility index (Phi) is 3.38. The molecule has 1 heterocycles. The van der Waals surface area contributed by atoms with E-state index in [4.69, 9.17) is 0 Å². The van der Waals surface area contributed by atoms with E-state index >= 15 is 0 Å². The topological polar surface area (TPSA) is 32.3 Å². The van der Waals surface area contributed by atoms with Crippen molar-refractivity contribution >= 4 is 17.2 Å². The van der Waals surface area contributed by atoms with E-state index in [0.29, 0.717) is 12.6 Å². The van der Waals surface area contributed by atoms with Gasteiger partial charge in [-0.25, -0.2) is 0 Å². The van der Waals surface area contributed by atoms with Crippen molar-refractivity contribution in [3.8, 4) is 0 Å². The molecule has 0 saturated heterocycles. The number of carbonyl (C=O) groups is 1. The average molecular weight is 224 g/mol. The van der Waals surface area contributed by atoms with E-state index in [9.17, 15) is 4.79 Å². The first-order chi connectivity index (χ1) is 7.31. The van der Waals surface area contributed by atoms with Crippen LogP contribution in [0, 0.1) is 0 Å². The third kappa shape index (κ3) is 2.79. The van der Waals surface area contributed by atoms with E-state index in [2.05, 4.69) is 22.1 Å². The molecule has 1 saturated carbocycles. The summed E-state index contributed by atoms with van der Waals surface area (Å²) in [5.74, 6) is 0.214. The number of hydrogen-bond donors (Lipinski definition) is 1. The van der Waals surface area contributed by atoms with Crippen LogP contribution in [-0.2, 0) is 11.3 Å². The number of hydrogen-bond acceptors (Lipinski definition) is 3. The molecule has 15 heavy (non-hydrogen) atoms. The van der Waals surface area contributed by atoms with Gasteiger partial charge in [-0.1, -0.05) is 0 Å². The van der Waals surface area contributed by atoms with Gasteiger partial charge in [0.1, 0.15) is 0 Å². The van der Waals surface area contributed by atoms with Crippen LogP contribution in [0.2, 0.25) is 0 Å². The maximum absolute atomic E-state index is 11.8. The predicted molar refractivity (Wildman–Crippen MR) is 61.8 cm³/mol. The van der Waals surface area contributed by atoms with Gasteiger partial charge in [-0.2, -0.15) is 11.3 Å². The van der Waals surface area contributed by atoms with Crippen LogP contribution in [-0.4, -0.2) is 30.4 Å². The normalized spacial score (nSPS) is 15.3. The van der Waals surface area contributed by atoms with E-state index in [-0.39, 0.29) is 5.91 Å². The van der Waals surface area contributed by atoms with Crippen LogP contribution in [0.15, 0.2) is 16.8 Å². The van der Waals surface area contributed by atoms with Crippen molar-refractivity contribution in [3.63, 3.8) is 0 Å². The molecule has 0 radical (unpaired) electrons. The molecule has 0 unspecified atom stereocenters. The lowest BCUT2D eigenvalue weighted by molar-refractivity contribution is -0.131. The first kappa shape index (κ1) is 10.6. The minimum Gasteiger partial charge on any atom is -0.334 e. The molecule has 1 aromatic heterocycles. The summed E-state index contributed by atoms with van der Waals surface area (Å²) < 4.78 is 0. The predicted octanol–water partition coefficient (Wildman–Crippen LogP) is 1.46. The second-order valence-corrected chi connectivity index (χ2v) is 4.69. The maximum Gasteiger partial charge on any atom is 0.237 e. The summed E-state index contributed by atoms with van der Waals surface area (Å²) in [6, 6.07) is 2.58. The molecule has 0 aliphatic heterocycles. The molecule has 0 aromatic carbocycles. The molecular weight excluding hydrogens is 208 g/mol. The van der Waals surface area contributed by atoms with Gasteiger partial charge in [-0.15, -0.1) is 0 Å². The van der Waals surface area contributed by atoms with Gasteiger partial charge in [0, 0.05) is 12.6 Å². The van der Waals surface area contributed by atoms with E-state index in [0.717, 1.165) is 6.54 Å². The molecule has 1 amide bonds. The second kappa shape index (κ2) is 4.77. The number of amides is 1. The van der Waals surface area contributed by atoms with Gasteiger partial charge in [-0.3, -0.25) is 4.79 Å². The van der Waals surface area contributed by atoms with Crippen molar-refractivity contribution in [1.82, 2.24) is 10.2 Å². The summed E-state index contributed by atoms with van der Waals surface area (Å²) >= 11 is 1.69. The maximum atomic E-state index is 11.8. The highest BCUT2D eigenvalue weighted by molar-refractivity contribution is 7.07. The van der Waals surface area contributed by atoms with E-state index < -0.39 is 0 Å². The van der Waals surface area contributed by atoms with Crippen LogP contribution < -0.4 is 5.32 Å². The third-order valence-electron chi connectivity index (χ3n) is 2.57. The second-order valence-electron chi connectivity index (χ2n) is 3.91. The quantitative estimate of drug-likeness (QED) is 0.821. The van der Waals surface area contributed by atoms with Crippen LogP contribution >= 0.6 is 11.3 Å². The van der Waals surface area contributed by atoms with Gasteiger partial charge in [0.15, 0.2) is 0 Å². The molecular formula is C11H16N2OS. The Morgan fingerprint density at radius 2 is 2.47 bits per heavy atom. The minimum atomic E-state index is 0.214. The first-order valence-corrected chi connectivity index (χ1v) is 6.20. The fourth-order valence-corrected chi connectivity index (χ4v) is 2.30. The fraction of sp³-hybridized carbons (Fsp3) is 0.545. The van der Waals surface area contributed by atoms with Crippen LogP contribution in [0.3, 0.4) is 0 Å². The molecule has 1 aliphatic rings. The third-order valence-corrected chi connectivity index (χ3v) is 3.30. The SMILES string of the molecule is CNCC(=O)N(Cc1ccsc1)C1CC1. The zero-order chi connectivity index (χ0) is 10.7. The molecule has 2 rings (SSSR count). The smallest absolute Gasteiger partial charge is 0.237 e. The Hall–Kier alpha value is -0.870. The summed E-state index contributed by atoms with van der Waals surface area (Å²) in [6.07, 6.45) is 2.33. The van der Waals surface area contributed by atoms with Crippen molar-refractivity contribution in [2.45, 2.75) is 25.4 Å². The molecule has 1 aromatic rings. The molecule has 4 heteroatoms. The monoisotopic (exact) mass is 224 g/mol. The Morgan fingerprint density at radius 3 is 3.00 bits per heavy atom. The van der Waals surface area contributed by atoms with Gasteiger partial charge in [-0.05, 0) is 42.3 Å². The highest BCUT2D eigenvalue weighted by Crippen LogP contribution is 2.28. The fourth-order valence-electron chi connectivity index (χ4n) is 1.64. The Balaban J connectivity index is 1.97. The van der Waals surface area contributed by atoms with Crippen LogP contribution in [0.5, 0.6) is 0 Å². The summed E-state index contributed by atoms with van der Waals surface area (Å²) in [7, 11) is 1.81. The van der Waals surface area contributed by atoms with Gasteiger partial charge >= 0.3 is 0 Å². The minimum absolute atomic E-state index is 0.214. The lowest BCUT2D eigenvalue weighted by Gasteiger charge is -2.21. The average Bonchev–Trinajstić information content (AvgIpc) is 2.93. The van der Waals surface area contributed by atoms with Crippen molar-refractivity contribution < 1.29 is 4.79 Å². The number of nitrogens with zero attached hydrogens (tertiary/aromatic N) is 1. The van der Waals surface area contributed by atoms with Gasteiger partial charge in [0.25, 0.3) is 0 Å². The van der Waals surface area contributed by atoms with E-state index in [1.54, 1.807) is 11.3 Å². The first-order valence-electron chi connectivity index (χ1n) is 5.26. The van der Waals surface area contributed by atoms with E-state index in [1.807, 2.05) is 11.9 Å². The molecule has 1 N–H and O–H groups in total. The van der Waals surface area contributed by atoms with Crippen molar-refractivity contribution in [2.24, 2.45) is 0 Å². The highest BCUT2D eigenvalue weighted by atomic mass is 32.1. The summed E-state index contributed by atoms with van der Waals surface area (Å²) in [5, 5.41) is 7.09. The van der Waals surface area contributed by atoms with Crippen molar-refractivity contribution in [3.05, 3.63) is 22.4 Å². The Bertz CT molecular complexity index is 319. The number of nitrogens with one attached hydrogen (secondary N) is 1. The Labute approximate surface area is 94.1 Å². The van der Waals surface area contributed by atoms with Crippen molar-refractivity contribution in [2.75, 3.05) is 13.6 Å². The molecule has 0 atom stereocenters. The van der Waals surface area contributed by atoms with Crippen LogP contribution in [0.25, 0.3) is 0 Å². The molecule has 1 fully saturated rings. The number of likely N-dealkylation sites (N-methyl/N-ethyl adjacent to an activating group) is 1. The highest BCUT2D eigenvalue weighted by Gasteiger charge is 2.31. The van der Waals surface area contributed by atoms with Crippen molar-refractivity contribution in [1.29, 1.82) is 0 Å². The van der Waals surface area contributed by atoms with Gasteiger partial charge in [0.05, 0.1) is 6.54 Å². The van der Waals surface area contributed by atoms with Crippen LogP contribution in [0.4, 0.5) is 0 Å². The summed E-state index contributed by atoms with van der Waals surface area (Å²) in [5.41, 5.74) is 1.25. The zero-order valence-electron chi connectivity index (χ0n) is 8.90. The Morgan fingerprint density at radius 1 is 1.67 bits per heavy atom. The number of carbonyl (C=O) groups excluding carboxylic acids is 1. The zero-order valence-corrected chi connectivity index (χ0v) is 9.72. The van der Waals surface area contributed by atoms with E-state index in [1.165, 1.54) is 18.4 Å². The van der Waals surface area contributed by atoms with Crippen LogP contribution in [0.1, 0.15) is 18.4 Å². The molecule has 0 spiro atoms. The molecule has 82 valence electrons. The molecule has 1 aliphatic carbocycles. The molecule has 3 nitrogen and oxygen atoms in total. The lowest BCUT2D eigenvalue weighted by atomic mass is 10.3.